The first kappa shape index (κ1) is 21.3. The van der Waals surface area contributed by atoms with Gasteiger partial charge in [0.05, 0.1) is 24.1 Å². The molecule has 1 aliphatic carbocycles. The third kappa shape index (κ3) is 3.01. The van der Waals surface area contributed by atoms with Crippen LogP contribution in [0.1, 0.15) is 75.9 Å². The summed E-state index contributed by atoms with van der Waals surface area (Å²) in [6.07, 6.45) is 11.6. The van der Waals surface area contributed by atoms with Crippen molar-refractivity contribution in [1.29, 1.82) is 21.2 Å². The SMILES string of the molecule is N#CC1(C#N)[C@@H]2CCCCCCCCCC[C@]23OC(=N)[C@@]1(C#N)[C@H](c1ccncc1)O3. The van der Waals surface area contributed by atoms with Crippen LogP contribution in [0.2, 0.25) is 0 Å². The number of nitriles is 3. The number of pyridine rings is 1. The average Bonchev–Trinajstić information content (AvgIpc) is 2.80. The first-order chi connectivity index (χ1) is 15.1. The summed E-state index contributed by atoms with van der Waals surface area (Å²) in [6.45, 7) is 0. The first-order valence-electron chi connectivity index (χ1n) is 11.2. The lowest BCUT2D eigenvalue weighted by Gasteiger charge is -2.62. The molecule has 1 aromatic heterocycles. The van der Waals surface area contributed by atoms with Crippen LogP contribution in [0, 0.1) is 56.2 Å². The standard InChI is InChI=1S/C24H27N5O2/c25-15-22(16-26)19-9-7-5-3-1-2-4-6-8-12-24(19)30-20(18-10-13-29-14-11-18)23(22,17-27)21(28)31-24/h10-11,13-14,19-20,28H,1-9,12H2/t19-,20-,23+,24-/m0/s1. The maximum Gasteiger partial charge on any atom is 0.218 e. The van der Waals surface area contributed by atoms with Gasteiger partial charge in [0.2, 0.25) is 11.7 Å². The van der Waals surface area contributed by atoms with Gasteiger partial charge in [-0.05, 0) is 30.5 Å². The zero-order valence-electron chi connectivity index (χ0n) is 17.6. The Balaban J connectivity index is 1.89. The highest BCUT2D eigenvalue weighted by Crippen LogP contribution is 2.68. The minimum Gasteiger partial charge on any atom is -0.447 e. The quantitative estimate of drug-likeness (QED) is 0.690. The lowest BCUT2D eigenvalue weighted by molar-refractivity contribution is -0.355. The van der Waals surface area contributed by atoms with Crippen LogP contribution in [-0.4, -0.2) is 16.7 Å². The number of hydrogen-bond acceptors (Lipinski definition) is 7. The van der Waals surface area contributed by atoms with E-state index in [1.807, 2.05) is 0 Å². The molecule has 0 radical (unpaired) electrons. The third-order valence-electron chi connectivity index (χ3n) is 7.33. The van der Waals surface area contributed by atoms with E-state index in [2.05, 4.69) is 23.2 Å². The Hall–Kier alpha value is -2.95. The fraction of sp³-hybridized carbons (Fsp3) is 0.625. The topological polar surface area (TPSA) is 127 Å². The molecule has 4 aliphatic rings. The maximum absolute atomic E-state index is 10.4. The highest BCUT2D eigenvalue weighted by molar-refractivity contribution is 5.88. The Bertz CT molecular complexity index is 945. The summed E-state index contributed by atoms with van der Waals surface area (Å²) in [5, 5.41) is 40.0. The molecule has 7 nitrogen and oxygen atoms in total. The molecule has 7 heteroatoms. The molecule has 4 fully saturated rings. The van der Waals surface area contributed by atoms with Gasteiger partial charge in [0.15, 0.2) is 10.8 Å². The van der Waals surface area contributed by atoms with Crippen LogP contribution in [0.3, 0.4) is 0 Å². The fourth-order valence-electron chi connectivity index (χ4n) is 5.74. The number of ether oxygens (including phenoxy) is 2. The third-order valence-corrected chi connectivity index (χ3v) is 7.33. The van der Waals surface area contributed by atoms with Crippen molar-refractivity contribution < 1.29 is 9.47 Å². The van der Waals surface area contributed by atoms with Crippen LogP contribution in [0.25, 0.3) is 0 Å². The largest absolute Gasteiger partial charge is 0.447 e. The van der Waals surface area contributed by atoms with Crippen LogP contribution in [0.4, 0.5) is 0 Å². The van der Waals surface area contributed by atoms with E-state index in [-0.39, 0.29) is 5.90 Å². The van der Waals surface area contributed by atoms with Crippen LogP contribution in [-0.2, 0) is 9.47 Å². The number of fused-ring (bicyclic) bond motifs is 2. The van der Waals surface area contributed by atoms with Crippen molar-refractivity contribution in [3.63, 3.8) is 0 Å². The summed E-state index contributed by atoms with van der Waals surface area (Å²) in [6, 6.07) is 10.1. The van der Waals surface area contributed by atoms with E-state index in [9.17, 15) is 15.8 Å². The van der Waals surface area contributed by atoms with Crippen LogP contribution in [0.15, 0.2) is 24.5 Å². The second-order valence-corrected chi connectivity index (χ2v) is 8.89. The molecule has 3 saturated heterocycles. The van der Waals surface area contributed by atoms with Gasteiger partial charge in [-0.1, -0.05) is 44.9 Å². The van der Waals surface area contributed by atoms with Gasteiger partial charge in [-0.3, -0.25) is 10.4 Å². The van der Waals surface area contributed by atoms with Gasteiger partial charge in [0.25, 0.3) is 0 Å². The van der Waals surface area contributed by atoms with Gasteiger partial charge in [0, 0.05) is 18.8 Å². The highest BCUT2D eigenvalue weighted by Gasteiger charge is 2.79. The molecule has 0 aromatic carbocycles. The van der Waals surface area contributed by atoms with E-state index >= 15 is 0 Å². The van der Waals surface area contributed by atoms with Crippen molar-refractivity contribution in [2.75, 3.05) is 0 Å². The summed E-state index contributed by atoms with van der Waals surface area (Å²) in [7, 11) is 0. The molecule has 1 spiro atoms. The molecule has 0 amide bonds. The zero-order valence-corrected chi connectivity index (χ0v) is 17.6. The predicted molar refractivity (Wildman–Crippen MR) is 111 cm³/mol. The van der Waals surface area contributed by atoms with Gasteiger partial charge < -0.3 is 9.47 Å². The van der Waals surface area contributed by atoms with Gasteiger partial charge in [-0.15, -0.1) is 0 Å². The Labute approximate surface area is 183 Å². The summed E-state index contributed by atoms with van der Waals surface area (Å²) >= 11 is 0. The van der Waals surface area contributed by atoms with Crippen LogP contribution < -0.4 is 0 Å². The maximum atomic E-state index is 10.4. The van der Waals surface area contributed by atoms with Gasteiger partial charge in [-0.2, -0.15) is 15.8 Å². The Kier molecular flexibility index (Phi) is 5.69. The van der Waals surface area contributed by atoms with E-state index in [4.69, 9.17) is 14.9 Å². The van der Waals surface area contributed by atoms with Crippen molar-refractivity contribution in [2.24, 2.45) is 16.7 Å². The average molecular weight is 418 g/mol. The van der Waals surface area contributed by atoms with Gasteiger partial charge >= 0.3 is 0 Å². The van der Waals surface area contributed by atoms with Crippen LogP contribution >= 0.6 is 0 Å². The van der Waals surface area contributed by atoms with Gasteiger partial charge in [-0.25, -0.2) is 0 Å². The summed E-state index contributed by atoms with van der Waals surface area (Å²) in [5.74, 6) is -2.18. The second kappa shape index (κ2) is 8.29. The molecule has 4 atom stereocenters. The molecule has 2 bridgehead atoms. The van der Waals surface area contributed by atoms with E-state index in [1.54, 1.807) is 24.5 Å². The molecule has 160 valence electrons. The molecule has 1 N–H and O–H groups in total. The number of hydrogen-bond donors (Lipinski definition) is 1. The van der Waals surface area contributed by atoms with Crippen molar-refractivity contribution >= 4 is 5.90 Å². The highest BCUT2D eigenvalue weighted by atomic mass is 16.7. The molecular formula is C24H27N5O2. The molecule has 4 heterocycles. The molecule has 1 saturated carbocycles. The van der Waals surface area contributed by atoms with E-state index in [0.29, 0.717) is 18.4 Å². The van der Waals surface area contributed by atoms with Gasteiger partial charge in [0.1, 0.15) is 6.10 Å². The van der Waals surface area contributed by atoms with Crippen LogP contribution in [0.5, 0.6) is 0 Å². The number of nitrogens with one attached hydrogen (secondary N) is 1. The minimum atomic E-state index is -1.83. The molecule has 1 aromatic rings. The Morgan fingerprint density at radius 1 is 0.903 bits per heavy atom. The molecule has 3 aliphatic heterocycles. The number of aromatic nitrogens is 1. The Morgan fingerprint density at radius 3 is 2.13 bits per heavy atom. The van der Waals surface area contributed by atoms with Crippen molar-refractivity contribution in [2.45, 2.75) is 76.1 Å². The van der Waals surface area contributed by atoms with E-state index < -0.39 is 28.6 Å². The van der Waals surface area contributed by atoms with Crippen molar-refractivity contribution in [3.8, 4) is 18.2 Å². The lowest BCUT2D eigenvalue weighted by atomic mass is 9.49. The molecule has 31 heavy (non-hydrogen) atoms. The van der Waals surface area contributed by atoms with E-state index in [0.717, 1.165) is 38.5 Å². The first-order valence-corrected chi connectivity index (χ1v) is 11.2. The summed E-state index contributed by atoms with van der Waals surface area (Å²) in [5.41, 5.74) is -2.93. The normalized spacial score (nSPS) is 35.1. The molecular weight excluding hydrogens is 390 g/mol. The fourth-order valence-corrected chi connectivity index (χ4v) is 5.74. The molecule has 0 unspecified atom stereocenters. The van der Waals surface area contributed by atoms with Crippen molar-refractivity contribution in [3.05, 3.63) is 30.1 Å². The monoisotopic (exact) mass is 417 g/mol. The zero-order chi connectivity index (χ0) is 22.0. The van der Waals surface area contributed by atoms with Crippen molar-refractivity contribution in [1.82, 2.24) is 4.98 Å². The Morgan fingerprint density at radius 2 is 1.52 bits per heavy atom. The second-order valence-electron chi connectivity index (χ2n) is 8.89. The number of nitrogens with zero attached hydrogens (tertiary/aromatic N) is 4. The summed E-state index contributed by atoms with van der Waals surface area (Å²) in [4.78, 5) is 4.04. The minimum absolute atomic E-state index is 0.325. The predicted octanol–water partition coefficient (Wildman–Crippen LogP) is 4.93. The smallest absolute Gasteiger partial charge is 0.218 e. The molecule has 5 rings (SSSR count). The van der Waals surface area contributed by atoms with E-state index in [1.165, 1.54) is 12.8 Å². The number of rotatable bonds is 1. The summed E-state index contributed by atoms with van der Waals surface area (Å²) < 4.78 is 12.7. The lowest BCUT2D eigenvalue weighted by Crippen LogP contribution is -2.72.